The van der Waals surface area contributed by atoms with Crippen LogP contribution in [0, 0.1) is 5.92 Å². The predicted molar refractivity (Wildman–Crippen MR) is 68.7 cm³/mol. The third-order valence-electron chi connectivity index (χ3n) is 2.76. The van der Waals surface area contributed by atoms with Crippen molar-refractivity contribution in [2.45, 2.75) is 19.4 Å². The van der Waals surface area contributed by atoms with Crippen LogP contribution >= 0.6 is 0 Å². The van der Waals surface area contributed by atoms with Gasteiger partial charge in [-0.25, -0.2) is 17.9 Å². The summed E-state index contributed by atoms with van der Waals surface area (Å²) in [6, 6.07) is -0.146. The molecule has 1 rings (SSSR count). The molecular formula is C11H20N2O4S. The molecule has 1 fully saturated rings. The van der Waals surface area contributed by atoms with Gasteiger partial charge in [-0.3, -0.25) is 0 Å². The Morgan fingerprint density at radius 2 is 2.28 bits per heavy atom. The average Bonchev–Trinajstić information content (AvgIpc) is 2.64. The van der Waals surface area contributed by atoms with E-state index in [1.807, 2.05) is 6.92 Å². The van der Waals surface area contributed by atoms with Gasteiger partial charge >= 0.3 is 6.09 Å². The zero-order valence-electron chi connectivity index (χ0n) is 10.8. The molecule has 2 atom stereocenters. The van der Waals surface area contributed by atoms with Crippen LogP contribution in [-0.4, -0.2) is 51.4 Å². The van der Waals surface area contributed by atoms with Gasteiger partial charge in [-0.15, -0.1) is 0 Å². The normalized spacial score (nSPS) is 24.0. The molecule has 0 aromatic rings. The SMILES string of the molecule is C=CCOC(=O)N1C[C@@H](C)C[C@H]1CNS(C)(=O)=O. The molecule has 0 spiro atoms. The molecule has 1 N–H and O–H groups in total. The highest BCUT2D eigenvalue weighted by Gasteiger charge is 2.34. The Kier molecular flexibility index (Phi) is 5.15. The van der Waals surface area contributed by atoms with E-state index in [2.05, 4.69) is 11.3 Å². The van der Waals surface area contributed by atoms with Gasteiger partial charge in [-0.1, -0.05) is 19.6 Å². The molecule has 1 amide bonds. The van der Waals surface area contributed by atoms with E-state index in [4.69, 9.17) is 4.74 Å². The zero-order valence-corrected chi connectivity index (χ0v) is 11.6. The molecule has 0 bridgehead atoms. The molecule has 1 heterocycles. The lowest BCUT2D eigenvalue weighted by Crippen LogP contribution is -2.43. The van der Waals surface area contributed by atoms with Crippen LogP contribution in [0.2, 0.25) is 0 Å². The quantitative estimate of drug-likeness (QED) is 0.745. The van der Waals surface area contributed by atoms with E-state index < -0.39 is 16.1 Å². The van der Waals surface area contributed by atoms with Gasteiger partial charge in [-0.2, -0.15) is 0 Å². The molecule has 0 saturated carbocycles. The van der Waals surface area contributed by atoms with Crippen LogP contribution in [0.3, 0.4) is 0 Å². The van der Waals surface area contributed by atoms with Crippen molar-refractivity contribution in [3.05, 3.63) is 12.7 Å². The number of carbonyl (C=O) groups is 1. The summed E-state index contributed by atoms with van der Waals surface area (Å²) < 4.78 is 29.5. The topological polar surface area (TPSA) is 75.7 Å². The van der Waals surface area contributed by atoms with E-state index in [0.717, 1.165) is 12.7 Å². The first-order valence-electron chi connectivity index (χ1n) is 5.82. The highest BCUT2D eigenvalue weighted by molar-refractivity contribution is 7.88. The van der Waals surface area contributed by atoms with E-state index in [0.29, 0.717) is 12.5 Å². The summed E-state index contributed by atoms with van der Waals surface area (Å²) in [6.45, 7) is 6.48. The summed E-state index contributed by atoms with van der Waals surface area (Å²) in [6.07, 6.45) is 2.96. The Balaban J connectivity index is 2.58. The van der Waals surface area contributed by atoms with Crippen LogP contribution in [-0.2, 0) is 14.8 Å². The minimum absolute atomic E-state index is 0.146. The number of amides is 1. The molecule has 0 radical (unpaired) electrons. The van der Waals surface area contributed by atoms with Gasteiger partial charge in [0.05, 0.1) is 6.26 Å². The Morgan fingerprint density at radius 1 is 1.61 bits per heavy atom. The smallest absolute Gasteiger partial charge is 0.410 e. The lowest BCUT2D eigenvalue weighted by molar-refractivity contribution is 0.108. The van der Waals surface area contributed by atoms with Gasteiger partial charge in [0, 0.05) is 19.1 Å². The summed E-state index contributed by atoms with van der Waals surface area (Å²) in [4.78, 5) is 13.3. The molecule has 104 valence electrons. The zero-order chi connectivity index (χ0) is 13.8. The number of hydrogen-bond acceptors (Lipinski definition) is 4. The van der Waals surface area contributed by atoms with Crippen molar-refractivity contribution in [2.75, 3.05) is 26.0 Å². The predicted octanol–water partition coefficient (Wildman–Crippen LogP) is 0.569. The Bertz CT molecular complexity index is 407. The molecule has 1 aliphatic rings. The number of nitrogens with one attached hydrogen (secondary N) is 1. The van der Waals surface area contributed by atoms with Crippen molar-refractivity contribution in [3.8, 4) is 0 Å². The Morgan fingerprint density at radius 3 is 2.83 bits per heavy atom. The fraction of sp³-hybridized carbons (Fsp3) is 0.727. The molecular weight excluding hydrogens is 256 g/mol. The fourth-order valence-electron chi connectivity index (χ4n) is 2.03. The number of sulfonamides is 1. The van der Waals surface area contributed by atoms with Gasteiger partial charge in [0.15, 0.2) is 0 Å². The van der Waals surface area contributed by atoms with Crippen LogP contribution in [0.25, 0.3) is 0 Å². The second-order valence-corrected chi connectivity index (χ2v) is 6.47. The highest BCUT2D eigenvalue weighted by Crippen LogP contribution is 2.23. The largest absolute Gasteiger partial charge is 0.445 e. The van der Waals surface area contributed by atoms with Gasteiger partial charge < -0.3 is 9.64 Å². The van der Waals surface area contributed by atoms with E-state index in [1.165, 1.54) is 6.08 Å². The molecule has 0 aromatic carbocycles. The number of rotatable bonds is 5. The van der Waals surface area contributed by atoms with Gasteiger partial charge in [-0.05, 0) is 12.3 Å². The van der Waals surface area contributed by atoms with Crippen LogP contribution < -0.4 is 4.72 Å². The van der Waals surface area contributed by atoms with Crippen molar-refractivity contribution in [2.24, 2.45) is 5.92 Å². The van der Waals surface area contributed by atoms with Crippen molar-refractivity contribution >= 4 is 16.1 Å². The van der Waals surface area contributed by atoms with Crippen molar-refractivity contribution < 1.29 is 17.9 Å². The summed E-state index contributed by atoms with van der Waals surface area (Å²) in [5.74, 6) is 0.340. The minimum Gasteiger partial charge on any atom is -0.445 e. The average molecular weight is 276 g/mol. The van der Waals surface area contributed by atoms with Crippen LogP contribution in [0.1, 0.15) is 13.3 Å². The van der Waals surface area contributed by atoms with Crippen LogP contribution in [0.5, 0.6) is 0 Å². The Labute approximate surface area is 108 Å². The number of carbonyl (C=O) groups excluding carboxylic acids is 1. The third-order valence-corrected chi connectivity index (χ3v) is 3.45. The summed E-state index contributed by atoms with van der Waals surface area (Å²) >= 11 is 0. The Hall–Kier alpha value is -1.08. The second kappa shape index (κ2) is 6.19. The molecule has 0 aromatic heterocycles. The van der Waals surface area contributed by atoms with Gasteiger partial charge in [0.25, 0.3) is 0 Å². The van der Waals surface area contributed by atoms with Crippen molar-refractivity contribution in [1.29, 1.82) is 0 Å². The van der Waals surface area contributed by atoms with Gasteiger partial charge in [0.1, 0.15) is 6.61 Å². The monoisotopic (exact) mass is 276 g/mol. The highest BCUT2D eigenvalue weighted by atomic mass is 32.2. The van der Waals surface area contributed by atoms with E-state index in [-0.39, 0.29) is 19.2 Å². The third kappa shape index (κ3) is 4.66. The number of hydrogen-bond donors (Lipinski definition) is 1. The minimum atomic E-state index is -3.24. The second-order valence-electron chi connectivity index (χ2n) is 4.63. The molecule has 18 heavy (non-hydrogen) atoms. The first kappa shape index (κ1) is 15.0. The summed E-state index contributed by atoms with van der Waals surface area (Å²) in [5, 5.41) is 0. The first-order chi connectivity index (χ1) is 8.33. The van der Waals surface area contributed by atoms with E-state index in [9.17, 15) is 13.2 Å². The maximum atomic E-state index is 11.8. The number of ether oxygens (including phenoxy) is 1. The summed E-state index contributed by atoms with van der Waals surface area (Å²) in [7, 11) is -3.24. The van der Waals surface area contributed by atoms with Crippen molar-refractivity contribution in [3.63, 3.8) is 0 Å². The lowest BCUT2D eigenvalue weighted by atomic mass is 10.1. The van der Waals surface area contributed by atoms with Crippen LogP contribution in [0.15, 0.2) is 12.7 Å². The number of likely N-dealkylation sites (tertiary alicyclic amines) is 1. The molecule has 1 saturated heterocycles. The fourth-order valence-corrected chi connectivity index (χ4v) is 2.52. The van der Waals surface area contributed by atoms with Crippen LogP contribution in [0.4, 0.5) is 4.79 Å². The maximum absolute atomic E-state index is 11.8. The molecule has 1 aliphatic heterocycles. The lowest BCUT2D eigenvalue weighted by Gasteiger charge is -2.23. The van der Waals surface area contributed by atoms with Gasteiger partial charge in [0.2, 0.25) is 10.0 Å². The summed E-state index contributed by atoms with van der Waals surface area (Å²) in [5.41, 5.74) is 0. The maximum Gasteiger partial charge on any atom is 0.410 e. The molecule has 6 nitrogen and oxygen atoms in total. The molecule has 0 aliphatic carbocycles. The molecule has 0 unspecified atom stereocenters. The van der Waals surface area contributed by atoms with Crippen molar-refractivity contribution in [1.82, 2.24) is 9.62 Å². The number of nitrogens with zero attached hydrogens (tertiary/aromatic N) is 1. The first-order valence-corrected chi connectivity index (χ1v) is 7.71. The standard InChI is InChI=1S/C11H20N2O4S/c1-4-5-17-11(14)13-8-9(2)6-10(13)7-12-18(3,15)16/h4,9-10,12H,1,5-8H2,2-3H3/t9-,10-/m0/s1. The van der Waals surface area contributed by atoms with E-state index in [1.54, 1.807) is 4.90 Å². The van der Waals surface area contributed by atoms with E-state index >= 15 is 0 Å². The molecule has 7 heteroatoms.